The van der Waals surface area contributed by atoms with Crippen LogP contribution in [0.4, 0.5) is 5.69 Å². The molecule has 3 rings (SSSR count). The Morgan fingerprint density at radius 2 is 1.88 bits per heavy atom. The van der Waals surface area contributed by atoms with Crippen LogP contribution >= 0.6 is 11.8 Å². The third kappa shape index (κ3) is 5.96. The molecular weight excluding hydrogens is 440 g/mol. The van der Waals surface area contributed by atoms with Crippen molar-refractivity contribution in [2.24, 2.45) is 4.99 Å². The number of hydrogen-bond acceptors (Lipinski definition) is 7. The number of amides is 1. The number of thioether (sulfide) groups is 1. The lowest BCUT2D eigenvalue weighted by Crippen LogP contribution is -2.23. The number of amidine groups is 1. The Labute approximate surface area is 197 Å². The average molecular weight is 465 g/mol. The van der Waals surface area contributed by atoms with Crippen LogP contribution in [0.15, 0.2) is 52.4 Å². The highest BCUT2D eigenvalue weighted by atomic mass is 32.2. The van der Waals surface area contributed by atoms with E-state index in [4.69, 9.17) is 20.6 Å². The minimum absolute atomic E-state index is 0.139. The molecule has 0 spiro atoms. The van der Waals surface area contributed by atoms with Crippen LogP contribution in [0.1, 0.15) is 29.8 Å². The summed E-state index contributed by atoms with van der Waals surface area (Å²) in [5, 5.41) is 0.536. The molecule has 2 aromatic rings. The first-order valence-electron chi connectivity index (χ1n) is 10.3. The summed E-state index contributed by atoms with van der Waals surface area (Å²) in [5.41, 5.74) is 1.86. The number of carbonyl (C=O) groups is 2. The molecule has 0 unspecified atom stereocenters. The number of esters is 1. The van der Waals surface area contributed by atoms with Gasteiger partial charge in [0.05, 0.1) is 29.4 Å². The summed E-state index contributed by atoms with van der Waals surface area (Å²) in [4.78, 5) is 31.1. The van der Waals surface area contributed by atoms with E-state index < -0.39 is 0 Å². The third-order valence-corrected chi connectivity index (χ3v) is 5.54. The number of carbonyl (C=O) groups excluding carboxylic acids is 2. The number of benzene rings is 2. The summed E-state index contributed by atoms with van der Waals surface area (Å²) in [7, 11) is 1.67. The summed E-state index contributed by atoms with van der Waals surface area (Å²) >= 11 is 1.27. The Bertz CT molecular complexity index is 1130. The number of hydrogen-bond donors (Lipinski definition) is 0. The highest BCUT2D eigenvalue weighted by molar-refractivity contribution is 8.18. The number of ether oxygens (including phenoxy) is 3. The lowest BCUT2D eigenvalue weighted by molar-refractivity contribution is -0.121. The van der Waals surface area contributed by atoms with Gasteiger partial charge in [-0.3, -0.25) is 9.69 Å². The van der Waals surface area contributed by atoms with Crippen molar-refractivity contribution in [2.45, 2.75) is 13.8 Å². The van der Waals surface area contributed by atoms with Gasteiger partial charge in [0.25, 0.3) is 5.91 Å². The molecule has 0 atom stereocenters. The zero-order valence-corrected chi connectivity index (χ0v) is 19.5. The van der Waals surface area contributed by atoms with E-state index >= 15 is 0 Å². The quantitative estimate of drug-likeness (QED) is 0.325. The predicted octanol–water partition coefficient (Wildman–Crippen LogP) is 4.51. The van der Waals surface area contributed by atoms with Crippen molar-refractivity contribution in [1.82, 2.24) is 4.90 Å². The molecule has 1 aliphatic rings. The molecule has 1 amide bonds. The van der Waals surface area contributed by atoms with Crippen molar-refractivity contribution in [1.29, 1.82) is 0 Å². The van der Waals surface area contributed by atoms with Crippen LogP contribution in [0.5, 0.6) is 11.5 Å². The Morgan fingerprint density at radius 3 is 2.55 bits per heavy atom. The molecule has 0 aromatic heterocycles. The van der Waals surface area contributed by atoms with E-state index in [9.17, 15) is 9.59 Å². The van der Waals surface area contributed by atoms with Crippen molar-refractivity contribution in [2.75, 3.05) is 26.9 Å². The fourth-order valence-corrected chi connectivity index (χ4v) is 3.91. The molecule has 1 saturated heterocycles. The predicted molar refractivity (Wildman–Crippen MR) is 130 cm³/mol. The van der Waals surface area contributed by atoms with E-state index in [2.05, 4.69) is 10.9 Å². The number of aliphatic imine (C=N–C) groups is 1. The normalized spacial score (nSPS) is 15.6. The van der Waals surface area contributed by atoms with Crippen molar-refractivity contribution >= 4 is 40.6 Å². The second-order valence-electron chi connectivity index (χ2n) is 6.77. The third-order valence-electron chi connectivity index (χ3n) is 4.48. The summed E-state index contributed by atoms with van der Waals surface area (Å²) in [6, 6.07) is 12.1. The maximum Gasteiger partial charge on any atom is 0.338 e. The number of likely N-dealkylation sites (N-methyl/N-ethyl adjacent to an activating group) is 1. The molecule has 170 valence electrons. The highest BCUT2D eigenvalue weighted by Gasteiger charge is 2.30. The monoisotopic (exact) mass is 464 g/mol. The highest BCUT2D eigenvalue weighted by Crippen LogP contribution is 2.35. The van der Waals surface area contributed by atoms with Crippen molar-refractivity contribution < 1.29 is 23.8 Å². The molecule has 0 radical (unpaired) electrons. The topological polar surface area (TPSA) is 77.4 Å². The smallest absolute Gasteiger partial charge is 0.338 e. The van der Waals surface area contributed by atoms with Crippen molar-refractivity contribution in [3.63, 3.8) is 0 Å². The van der Waals surface area contributed by atoms with Crippen molar-refractivity contribution in [3.8, 4) is 23.8 Å². The summed E-state index contributed by atoms with van der Waals surface area (Å²) in [6.07, 6.45) is 7.05. The Morgan fingerprint density at radius 1 is 1.12 bits per heavy atom. The number of nitrogens with zero attached hydrogens (tertiary/aromatic N) is 2. The van der Waals surface area contributed by atoms with Gasteiger partial charge in [-0.2, -0.15) is 0 Å². The molecule has 0 saturated carbocycles. The fraction of sp³-hybridized carbons (Fsp3) is 0.240. The fourth-order valence-electron chi connectivity index (χ4n) is 2.92. The summed E-state index contributed by atoms with van der Waals surface area (Å²) in [6.45, 7) is 4.55. The number of terminal acetylenes is 1. The minimum atomic E-state index is -0.383. The average Bonchev–Trinajstić information content (AvgIpc) is 3.07. The van der Waals surface area contributed by atoms with Crippen molar-refractivity contribution in [3.05, 3.63) is 58.5 Å². The van der Waals surface area contributed by atoms with Crippen LogP contribution in [0.3, 0.4) is 0 Å². The molecule has 33 heavy (non-hydrogen) atoms. The molecule has 0 bridgehead atoms. The second-order valence-corrected chi connectivity index (χ2v) is 7.78. The first-order chi connectivity index (χ1) is 16.0. The van der Waals surface area contributed by atoms with Crippen LogP contribution in [0, 0.1) is 12.3 Å². The van der Waals surface area contributed by atoms with Crippen LogP contribution in [0.2, 0.25) is 0 Å². The van der Waals surface area contributed by atoms with E-state index in [-0.39, 0.29) is 18.5 Å². The van der Waals surface area contributed by atoms with Gasteiger partial charge < -0.3 is 14.2 Å². The minimum Gasteiger partial charge on any atom is -0.490 e. The largest absolute Gasteiger partial charge is 0.490 e. The maximum absolute atomic E-state index is 12.8. The molecule has 0 aliphatic carbocycles. The van der Waals surface area contributed by atoms with Gasteiger partial charge in [-0.15, -0.1) is 6.42 Å². The van der Waals surface area contributed by atoms with E-state index in [1.165, 1.54) is 16.7 Å². The van der Waals surface area contributed by atoms with Gasteiger partial charge in [0.15, 0.2) is 16.7 Å². The van der Waals surface area contributed by atoms with Gasteiger partial charge in [0.2, 0.25) is 0 Å². The maximum atomic E-state index is 12.8. The molecule has 1 aliphatic heterocycles. The molecule has 1 heterocycles. The summed E-state index contributed by atoms with van der Waals surface area (Å²) < 4.78 is 16.1. The zero-order valence-electron chi connectivity index (χ0n) is 18.7. The molecular formula is C25H24N2O5S. The first kappa shape index (κ1) is 24.0. The molecule has 7 nitrogen and oxygen atoms in total. The zero-order chi connectivity index (χ0) is 23.8. The Balaban J connectivity index is 1.81. The summed E-state index contributed by atoms with van der Waals surface area (Å²) in [5.74, 6) is 2.99. The number of rotatable bonds is 8. The molecule has 0 N–H and O–H groups in total. The lowest BCUT2D eigenvalue weighted by atomic mass is 10.2. The van der Waals surface area contributed by atoms with Crippen LogP contribution in [0.25, 0.3) is 6.08 Å². The molecule has 8 heteroatoms. The SMILES string of the molecule is C#CCOc1ccc(/C=C2\SC(=Nc3ccc(C(=O)OCC)cc3)N(C)C2=O)cc1OCC. The van der Waals surface area contributed by atoms with Gasteiger partial charge >= 0.3 is 5.97 Å². The standard InChI is InChI=1S/C25H24N2O5S/c1-5-14-32-20-13-8-17(15-21(20)30-6-2)16-22-23(28)27(4)25(33-22)26-19-11-9-18(10-12-19)24(29)31-7-3/h1,8-13,15-16H,6-7,14H2,2-4H3/b22-16-,26-25?. The Hall–Kier alpha value is -3.70. The van der Waals surface area contributed by atoms with Gasteiger partial charge in [0, 0.05) is 7.05 Å². The Kier molecular flexibility index (Phi) is 8.17. The van der Waals surface area contributed by atoms with Crippen LogP contribution < -0.4 is 9.47 Å². The van der Waals surface area contributed by atoms with E-state index in [0.717, 1.165) is 5.56 Å². The van der Waals surface area contributed by atoms with E-state index in [0.29, 0.717) is 46.0 Å². The van der Waals surface area contributed by atoms with E-state index in [1.54, 1.807) is 56.4 Å². The molecule has 2 aromatic carbocycles. The van der Waals surface area contributed by atoms with Gasteiger partial charge in [0.1, 0.15) is 6.61 Å². The second kappa shape index (κ2) is 11.2. The van der Waals surface area contributed by atoms with E-state index in [1.807, 2.05) is 13.0 Å². The van der Waals surface area contributed by atoms with Crippen LogP contribution in [-0.2, 0) is 9.53 Å². The lowest BCUT2D eigenvalue weighted by Gasteiger charge is -2.11. The van der Waals surface area contributed by atoms with Crippen LogP contribution in [-0.4, -0.2) is 48.8 Å². The van der Waals surface area contributed by atoms with Gasteiger partial charge in [-0.05, 0) is 73.6 Å². The van der Waals surface area contributed by atoms with Gasteiger partial charge in [-0.1, -0.05) is 12.0 Å². The molecule has 1 fully saturated rings. The first-order valence-corrected chi connectivity index (χ1v) is 11.1. The van der Waals surface area contributed by atoms with Gasteiger partial charge in [-0.25, -0.2) is 9.79 Å².